The van der Waals surface area contributed by atoms with Crippen molar-refractivity contribution in [2.45, 2.75) is 45.1 Å². The Morgan fingerprint density at radius 1 is 1.20 bits per heavy atom. The molecule has 1 fully saturated rings. The Morgan fingerprint density at radius 2 is 2.05 bits per heavy atom. The molecule has 20 heavy (non-hydrogen) atoms. The van der Waals surface area contributed by atoms with Crippen LogP contribution in [0.1, 0.15) is 43.7 Å². The number of hydrogen-bond donors (Lipinski definition) is 2. The van der Waals surface area contributed by atoms with Crippen LogP contribution in [0.3, 0.4) is 0 Å². The van der Waals surface area contributed by atoms with Gasteiger partial charge in [0.05, 0.1) is 6.10 Å². The van der Waals surface area contributed by atoms with Crippen LogP contribution < -0.4 is 0 Å². The molecule has 0 aliphatic heterocycles. The summed E-state index contributed by atoms with van der Waals surface area (Å²) in [6.45, 7) is 2.27. The van der Waals surface area contributed by atoms with Crippen molar-refractivity contribution < 1.29 is 10.2 Å². The van der Waals surface area contributed by atoms with Gasteiger partial charge in [-0.1, -0.05) is 19.1 Å². The molecule has 3 aliphatic rings. The smallest absolute Gasteiger partial charge is 0.115 e. The Kier molecular flexibility index (Phi) is 2.56. The molecule has 0 spiro atoms. The highest BCUT2D eigenvalue weighted by molar-refractivity contribution is 5.73. The standard InChI is InChI=1S/C18H22O2/c1-18-9-8-14-13-5-3-12(19)10-11(13)2-4-15(14)16(18)6-7-17(18)20/h3,5,8,10,15-17,19-20H,2,4,6-7,9H2,1H3/t15-,16+,17+,18+/m1/s1. The first kappa shape index (κ1) is 12.5. The molecule has 0 bridgehead atoms. The minimum Gasteiger partial charge on any atom is -0.508 e. The number of aliphatic hydroxyl groups is 1. The zero-order valence-corrected chi connectivity index (χ0v) is 12.0. The average Bonchev–Trinajstić information content (AvgIpc) is 2.74. The van der Waals surface area contributed by atoms with Crippen LogP contribution in [0.25, 0.3) is 5.57 Å². The van der Waals surface area contributed by atoms with Gasteiger partial charge in [0.2, 0.25) is 0 Å². The fraction of sp³-hybridized carbons (Fsp3) is 0.556. The molecule has 1 aromatic rings. The minimum atomic E-state index is -0.133. The van der Waals surface area contributed by atoms with Gasteiger partial charge >= 0.3 is 0 Å². The topological polar surface area (TPSA) is 40.5 Å². The number of hydrogen-bond acceptors (Lipinski definition) is 2. The predicted molar refractivity (Wildman–Crippen MR) is 79.3 cm³/mol. The second-order valence-corrected chi connectivity index (χ2v) is 7.06. The summed E-state index contributed by atoms with van der Waals surface area (Å²) in [5.74, 6) is 1.60. The van der Waals surface area contributed by atoms with E-state index in [9.17, 15) is 10.2 Å². The van der Waals surface area contributed by atoms with E-state index in [-0.39, 0.29) is 11.5 Å². The van der Waals surface area contributed by atoms with Crippen LogP contribution in [0.4, 0.5) is 0 Å². The van der Waals surface area contributed by atoms with Crippen LogP contribution in [0.15, 0.2) is 24.3 Å². The van der Waals surface area contributed by atoms with Crippen LogP contribution >= 0.6 is 0 Å². The Balaban J connectivity index is 1.79. The third-order valence-corrected chi connectivity index (χ3v) is 6.13. The molecule has 0 aromatic heterocycles. The number of rotatable bonds is 0. The van der Waals surface area contributed by atoms with Crippen LogP contribution in [0.5, 0.6) is 5.75 Å². The zero-order valence-electron chi connectivity index (χ0n) is 12.0. The first-order valence-corrected chi connectivity index (χ1v) is 7.80. The van der Waals surface area contributed by atoms with Crippen molar-refractivity contribution in [2.75, 3.05) is 0 Å². The highest BCUT2D eigenvalue weighted by Crippen LogP contribution is 2.58. The van der Waals surface area contributed by atoms with E-state index in [0.717, 1.165) is 32.1 Å². The summed E-state index contributed by atoms with van der Waals surface area (Å²) in [5, 5.41) is 20.0. The zero-order chi connectivity index (χ0) is 13.9. The van der Waals surface area contributed by atoms with Gasteiger partial charge in [-0.2, -0.15) is 0 Å². The van der Waals surface area contributed by atoms with E-state index in [4.69, 9.17) is 0 Å². The molecule has 1 aromatic carbocycles. The van der Waals surface area contributed by atoms with Crippen LogP contribution in [-0.4, -0.2) is 16.3 Å². The van der Waals surface area contributed by atoms with Crippen molar-refractivity contribution >= 4 is 5.57 Å². The molecule has 1 saturated carbocycles. The lowest BCUT2D eigenvalue weighted by Crippen LogP contribution is -2.39. The Bertz CT molecular complexity index is 589. The second kappa shape index (κ2) is 4.11. The van der Waals surface area contributed by atoms with E-state index in [0.29, 0.717) is 17.6 Å². The van der Waals surface area contributed by atoms with Crippen molar-refractivity contribution in [1.82, 2.24) is 0 Å². The Morgan fingerprint density at radius 3 is 2.90 bits per heavy atom. The number of aromatic hydroxyl groups is 1. The van der Waals surface area contributed by atoms with Gasteiger partial charge in [-0.3, -0.25) is 0 Å². The lowest BCUT2D eigenvalue weighted by atomic mass is 9.60. The monoisotopic (exact) mass is 270 g/mol. The van der Waals surface area contributed by atoms with E-state index < -0.39 is 0 Å². The Hall–Kier alpha value is -1.28. The normalized spacial score (nSPS) is 38.7. The number of aliphatic hydroxyl groups excluding tert-OH is 1. The minimum absolute atomic E-state index is 0.0859. The molecule has 2 nitrogen and oxygen atoms in total. The summed E-state index contributed by atoms with van der Waals surface area (Å²) < 4.78 is 0. The van der Waals surface area contributed by atoms with Gasteiger partial charge in [-0.05, 0) is 72.8 Å². The third kappa shape index (κ3) is 1.54. The van der Waals surface area contributed by atoms with Gasteiger partial charge in [0, 0.05) is 5.41 Å². The maximum absolute atomic E-state index is 10.3. The molecule has 3 aliphatic carbocycles. The lowest BCUT2D eigenvalue weighted by Gasteiger charge is -2.45. The number of aryl methyl sites for hydroxylation is 1. The van der Waals surface area contributed by atoms with Crippen molar-refractivity contribution in [2.24, 2.45) is 17.3 Å². The summed E-state index contributed by atoms with van der Waals surface area (Å²) in [7, 11) is 0. The van der Waals surface area contributed by atoms with Gasteiger partial charge in [0.1, 0.15) is 5.75 Å². The first-order chi connectivity index (χ1) is 9.59. The van der Waals surface area contributed by atoms with Crippen molar-refractivity contribution in [3.05, 3.63) is 35.4 Å². The summed E-state index contributed by atoms with van der Waals surface area (Å²) in [4.78, 5) is 0. The fourth-order valence-electron chi connectivity index (χ4n) is 4.94. The molecule has 2 N–H and O–H groups in total. The van der Waals surface area contributed by atoms with E-state index >= 15 is 0 Å². The Labute approximate surface area is 120 Å². The highest BCUT2D eigenvalue weighted by Gasteiger charge is 2.51. The molecule has 2 heteroatoms. The number of allylic oxidation sites excluding steroid dienone is 2. The SMILES string of the molecule is C[C@]12CC=C3c4ccc(O)cc4CC[C@H]3[C@@H]1CC[C@@H]2O. The lowest BCUT2D eigenvalue weighted by molar-refractivity contribution is 0.0251. The second-order valence-electron chi connectivity index (χ2n) is 7.06. The van der Waals surface area contributed by atoms with Crippen molar-refractivity contribution in [1.29, 1.82) is 0 Å². The van der Waals surface area contributed by atoms with E-state index in [1.807, 2.05) is 6.07 Å². The van der Waals surface area contributed by atoms with Crippen molar-refractivity contribution in [3.8, 4) is 5.75 Å². The van der Waals surface area contributed by atoms with Crippen LogP contribution in [0.2, 0.25) is 0 Å². The summed E-state index contributed by atoms with van der Waals surface area (Å²) in [6, 6.07) is 5.81. The van der Waals surface area contributed by atoms with E-state index in [2.05, 4.69) is 19.1 Å². The van der Waals surface area contributed by atoms with Gasteiger partial charge in [-0.15, -0.1) is 0 Å². The molecular weight excluding hydrogens is 248 g/mol. The maximum Gasteiger partial charge on any atom is 0.115 e. The van der Waals surface area contributed by atoms with E-state index in [1.54, 1.807) is 6.07 Å². The fourth-order valence-corrected chi connectivity index (χ4v) is 4.94. The highest BCUT2D eigenvalue weighted by atomic mass is 16.3. The molecule has 0 heterocycles. The number of phenolic OH excluding ortho intramolecular Hbond substituents is 1. The van der Waals surface area contributed by atoms with Gasteiger partial charge in [0.15, 0.2) is 0 Å². The molecule has 4 rings (SSSR count). The largest absolute Gasteiger partial charge is 0.508 e. The predicted octanol–water partition coefficient (Wildman–Crippen LogP) is 3.52. The van der Waals surface area contributed by atoms with Crippen LogP contribution in [-0.2, 0) is 6.42 Å². The number of phenols is 1. The molecule has 0 amide bonds. The molecule has 0 radical (unpaired) electrons. The van der Waals surface area contributed by atoms with E-state index in [1.165, 1.54) is 16.7 Å². The molecule has 106 valence electrons. The summed E-state index contributed by atoms with van der Waals surface area (Å²) in [5.41, 5.74) is 4.18. The van der Waals surface area contributed by atoms with Crippen LogP contribution in [0, 0.1) is 17.3 Å². The number of fused-ring (bicyclic) bond motifs is 5. The van der Waals surface area contributed by atoms with Gasteiger partial charge < -0.3 is 10.2 Å². The molecule has 0 unspecified atom stereocenters. The third-order valence-electron chi connectivity index (χ3n) is 6.13. The summed E-state index contributed by atoms with van der Waals surface area (Å²) >= 11 is 0. The molecule has 4 atom stereocenters. The van der Waals surface area contributed by atoms with Crippen molar-refractivity contribution in [3.63, 3.8) is 0 Å². The maximum atomic E-state index is 10.3. The average molecular weight is 270 g/mol. The first-order valence-electron chi connectivity index (χ1n) is 7.80. The van der Waals surface area contributed by atoms with Gasteiger partial charge in [0.25, 0.3) is 0 Å². The number of benzene rings is 1. The summed E-state index contributed by atoms with van der Waals surface area (Å²) in [6.07, 6.45) is 7.56. The van der Waals surface area contributed by atoms with Gasteiger partial charge in [-0.25, -0.2) is 0 Å². The quantitative estimate of drug-likeness (QED) is 0.757. The molecule has 0 saturated heterocycles. The molecular formula is C18H22O2.